The Bertz CT molecular complexity index is 3840. The molecule has 2 aliphatic rings. The molecular weight excluding hydrogens is 1260 g/mol. The zero-order chi connectivity index (χ0) is 69.4. The maximum atomic E-state index is 13.2. The van der Waals surface area contributed by atoms with Gasteiger partial charge in [0.25, 0.3) is 17.6 Å². The number of benzene rings is 5. The van der Waals surface area contributed by atoms with Gasteiger partial charge in [-0.15, -0.1) is 10.2 Å². The number of carbonyl (C=O) groups is 8. The zero-order valence-electron chi connectivity index (χ0n) is 52.9. The van der Waals surface area contributed by atoms with Crippen molar-refractivity contribution in [2.45, 2.75) is 151 Å². The Labute approximate surface area is 555 Å². The number of hydrogen-bond acceptors (Lipinski definition) is 22. The lowest BCUT2D eigenvalue weighted by Gasteiger charge is -2.46. The summed E-state index contributed by atoms with van der Waals surface area (Å²) in [6, 6.07) is 35.8. The van der Waals surface area contributed by atoms with Crippen molar-refractivity contribution in [1.29, 1.82) is 0 Å². The Morgan fingerprint density at radius 2 is 0.948 bits per heavy atom. The number of aldehydes is 1. The molecule has 2 saturated heterocycles. The van der Waals surface area contributed by atoms with Crippen LogP contribution in [0.15, 0.2) is 146 Å². The van der Waals surface area contributed by atoms with Crippen LogP contribution in [0.2, 0.25) is 0 Å². The highest BCUT2D eigenvalue weighted by atomic mass is 16.7. The monoisotopic (exact) mass is 1340 g/mol. The summed E-state index contributed by atoms with van der Waals surface area (Å²) in [5.41, 5.74) is 5.22. The SMILES string of the molecule is CC(=O)N[C@H]1[C@H]([C@H](O)[C@H](O)CNC(=O)c2ccc(-c3ccccc3)cc2)O[C@](C=O)(OCc2cn(CCCC(=O)c3ccc(C(=O)CCCn4cc(CO[C@]5(C(=O)O)C[C@H](O)[C@@H](NC(C)=O)[C@H]([C@H](O)[C@H](O)CNC(=O)c6ccc(-c7ccccc7)cc6)O5)nn4)cc3)nn2)C[C@@H]1O. The Kier molecular flexibility index (Phi) is 24.3. The Morgan fingerprint density at radius 3 is 1.36 bits per heavy atom. The number of ketones is 2. The van der Waals surface area contributed by atoms with E-state index in [1.807, 2.05) is 60.7 Å². The first-order valence-corrected chi connectivity index (χ1v) is 31.3. The average Bonchev–Trinajstić information content (AvgIpc) is 1.51. The molecule has 2 aliphatic heterocycles. The summed E-state index contributed by atoms with van der Waals surface area (Å²) in [5, 5.41) is 104. The second kappa shape index (κ2) is 32.9. The molecule has 0 bridgehead atoms. The molecule has 29 heteroatoms. The lowest BCUT2D eigenvalue weighted by Crippen LogP contribution is -2.68. The van der Waals surface area contributed by atoms with E-state index in [9.17, 15) is 74.1 Å². The van der Waals surface area contributed by atoms with E-state index in [2.05, 4.69) is 41.9 Å². The lowest BCUT2D eigenvalue weighted by molar-refractivity contribution is -0.314. The quantitative estimate of drug-likeness (QED) is 0.0212. The van der Waals surface area contributed by atoms with Gasteiger partial charge < -0.3 is 76.0 Å². The highest BCUT2D eigenvalue weighted by Gasteiger charge is 2.56. The third-order valence-electron chi connectivity index (χ3n) is 16.5. The number of aliphatic hydroxyl groups excluding tert-OH is 6. The summed E-state index contributed by atoms with van der Waals surface area (Å²) in [4.78, 5) is 102. The summed E-state index contributed by atoms with van der Waals surface area (Å²) in [6.07, 6.45) is -11.1. The number of aromatic nitrogens is 6. The minimum atomic E-state index is -2.63. The van der Waals surface area contributed by atoms with Crippen molar-refractivity contribution in [1.82, 2.24) is 51.3 Å². The number of hydrogen-bond donors (Lipinski definition) is 11. The summed E-state index contributed by atoms with van der Waals surface area (Å²) in [7, 11) is 0. The van der Waals surface area contributed by atoms with Gasteiger partial charge in [0.1, 0.15) is 35.8 Å². The molecule has 512 valence electrons. The van der Waals surface area contributed by atoms with E-state index in [1.165, 1.54) is 28.7 Å². The van der Waals surface area contributed by atoms with Crippen LogP contribution in [0.4, 0.5) is 0 Å². The number of aryl methyl sites for hydroxylation is 2. The summed E-state index contributed by atoms with van der Waals surface area (Å²) in [6.45, 7) is 0.814. The number of carboxylic acids is 1. The minimum Gasteiger partial charge on any atom is -0.477 e. The third kappa shape index (κ3) is 18.7. The van der Waals surface area contributed by atoms with Crippen molar-refractivity contribution in [2.24, 2.45) is 0 Å². The van der Waals surface area contributed by atoms with Crippen molar-refractivity contribution < 1.29 is 93.0 Å². The molecule has 29 nitrogen and oxygen atoms in total. The number of nitrogens with one attached hydrogen (secondary N) is 4. The van der Waals surface area contributed by atoms with Gasteiger partial charge in [0, 0.05) is 88.0 Å². The van der Waals surface area contributed by atoms with Gasteiger partial charge in [-0.1, -0.05) is 120 Å². The molecule has 12 atom stereocenters. The molecule has 2 aromatic heterocycles. The van der Waals surface area contributed by atoms with Crippen molar-refractivity contribution in [3.8, 4) is 22.3 Å². The van der Waals surface area contributed by atoms with Gasteiger partial charge in [0.15, 0.2) is 17.9 Å². The molecule has 0 spiro atoms. The zero-order valence-corrected chi connectivity index (χ0v) is 52.9. The Morgan fingerprint density at radius 1 is 0.557 bits per heavy atom. The molecule has 5 aromatic carbocycles. The number of carbonyl (C=O) groups excluding carboxylic acids is 7. The van der Waals surface area contributed by atoms with Gasteiger partial charge in [-0.05, 0) is 59.4 Å². The molecule has 4 amide bonds. The second-order valence-corrected chi connectivity index (χ2v) is 23.7. The second-order valence-electron chi connectivity index (χ2n) is 23.7. The van der Waals surface area contributed by atoms with E-state index in [1.54, 1.807) is 72.8 Å². The highest BCUT2D eigenvalue weighted by molar-refractivity contribution is 5.99. The number of carboxylic acid groups (broad SMARTS) is 1. The maximum absolute atomic E-state index is 13.2. The summed E-state index contributed by atoms with van der Waals surface area (Å²) < 4.78 is 26.3. The van der Waals surface area contributed by atoms with Gasteiger partial charge in [-0.2, -0.15) is 0 Å². The van der Waals surface area contributed by atoms with Crippen molar-refractivity contribution >= 4 is 47.5 Å². The summed E-state index contributed by atoms with van der Waals surface area (Å²) >= 11 is 0. The van der Waals surface area contributed by atoms with Crippen LogP contribution in [0.25, 0.3) is 22.3 Å². The van der Waals surface area contributed by atoms with E-state index >= 15 is 0 Å². The Hall–Kier alpha value is -9.66. The topological polar surface area (TPSA) is 425 Å². The normalized spacial score (nSPS) is 22.0. The first-order chi connectivity index (χ1) is 46.5. The van der Waals surface area contributed by atoms with E-state index in [4.69, 9.17) is 18.9 Å². The standard InChI is InChI=1S/C68H76N10O19/c1-40(80)71-58-54(84)31-67(39-79,96-62(58)60(88)56(86)33-69-64(90)48-25-17-44(18-26-48)42-11-5-3-6-12-42)94-37-50-35-77(75-73-50)29-9-15-52(82)46-21-23-47(24-22-46)53(83)16-10-30-78-36-51(74-76-78)38-95-68(66(92)93)32-55(85)59(72-41(2)81)63(97-68)61(89)57(87)34-70-65(91)49-27-19-45(20-28-49)43-13-7-4-8-14-43/h3-8,11-14,17-28,35-36,39,54-63,84-89H,9-10,15-16,29-34,37-38H2,1-2H3,(H,69,90)(H,70,91)(H,71,80)(H,72,81)(H,92,93)/t54-,55-,56+,57+,58+,59+,60+,61+,62+,63+,67+,68+/m0/s1. The molecule has 0 saturated carbocycles. The fraction of sp³-hybridized carbons (Fsp3) is 0.382. The number of rotatable bonds is 32. The molecule has 0 radical (unpaired) electrons. The first kappa shape index (κ1) is 71.6. The van der Waals surface area contributed by atoms with Crippen molar-refractivity contribution in [3.63, 3.8) is 0 Å². The molecule has 4 heterocycles. The molecule has 0 unspecified atom stereocenters. The van der Waals surface area contributed by atoms with Crippen LogP contribution in [0, 0.1) is 0 Å². The third-order valence-corrected chi connectivity index (χ3v) is 16.5. The van der Waals surface area contributed by atoms with E-state index < -0.39 is 135 Å². The molecule has 11 N–H and O–H groups in total. The molecule has 7 aromatic rings. The number of aliphatic carboxylic acids is 1. The van der Waals surface area contributed by atoms with Gasteiger partial charge in [0.2, 0.25) is 17.6 Å². The van der Waals surface area contributed by atoms with Crippen LogP contribution in [0.5, 0.6) is 0 Å². The van der Waals surface area contributed by atoms with Crippen LogP contribution in [0.3, 0.4) is 0 Å². The molecular formula is C68H76N10O19. The fourth-order valence-corrected chi connectivity index (χ4v) is 11.4. The fourth-order valence-electron chi connectivity index (χ4n) is 11.4. The highest BCUT2D eigenvalue weighted by Crippen LogP contribution is 2.36. The van der Waals surface area contributed by atoms with E-state index in [-0.39, 0.29) is 72.9 Å². The number of nitrogens with zero attached hydrogens (tertiary/aromatic N) is 6. The smallest absolute Gasteiger partial charge is 0.364 e. The number of ether oxygens (including phenoxy) is 4. The Balaban J connectivity index is 0.700. The predicted molar refractivity (Wildman–Crippen MR) is 341 cm³/mol. The average molecular weight is 1340 g/mol. The first-order valence-electron chi connectivity index (χ1n) is 31.3. The van der Waals surface area contributed by atoms with Gasteiger partial charge >= 0.3 is 5.97 Å². The van der Waals surface area contributed by atoms with Crippen molar-refractivity contribution in [3.05, 3.63) is 179 Å². The number of Topliss-reactive ketones (excluding diaryl/α,β-unsaturated/α-hetero) is 2. The molecule has 9 rings (SSSR count). The van der Waals surface area contributed by atoms with E-state index in [0.717, 1.165) is 29.2 Å². The number of aliphatic hydroxyl groups is 6. The van der Waals surface area contributed by atoms with Crippen molar-refractivity contribution in [2.75, 3.05) is 13.1 Å². The van der Waals surface area contributed by atoms with Crippen LogP contribution in [-0.4, -0.2) is 199 Å². The van der Waals surface area contributed by atoms with E-state index in [0.29, 0.717) is 24.0 Å². The van der Waals surface area contributed by atoms with Crippen LogP contribution < -0.4 is 21.3 Å². The minimum absolute atomic E-state index is 0.0710. The largest absolute Gasteiger partial charge is 0.477 e. The maximum Gasteiger partial charge on any atom is 0.364 e. The van der Waals surface area contributed by atoms with Gasteiger partial charge in [0.05, 0.1) is 62.1 Å². The van der Waals surface area contributed by atoms with Gasteiger partial charge in [-0.25, -0.2) is 4.79 Å². The van der Waals surface area contributed by atoms with Crippen LogP contribution in [-0.2, 0) is 64.4 Å². The lowest BCUT2D eigenvalue weighted by atomic mass is 9.88. The summed E-state index contributed by atoms with van der Waals surface area (Å²) in [5.74, 6) is -9.37. The van der Waals surface area contributed by atoms with Gasteiger partial charge in [-0.3, -0.25) is 42.9 Å². The molecule has 0 aliphatic carbocycles. The van der Waals surface area contributed by atoms with Crippen LogP contribution in [0.1, 0.15) is 105 Å². The molecule has 2 fully saturated rings. The number of amides is 4. The molecule has 97 heavy (non-hydrogen) atoms. The van der Waals surface area contributed by atoms with Crippen LogP contribution >= 0.6 is 0 Å². The predicted octanol–water partition coefficient (Wildman–Crippen LogP) is 1.85.